The molecule has 0 saturated carbocycles. The van der Waals surface area contributed by atoms with E-state index in [0.717, 1.165) is 13.1 Å². The second-order valence-electron chi connectivity index (χ2n) is 5.25. The summed E-state index contributed by atoms with van der Waals surface area (Å²) in [5.74, 6) is 0.238. The van der Waals surface area contributed by atoms with E-state index in [0.29, 0.717) is 22.4 Å². The molecule has 1 aromatic carbocycles. The minimum absolute atomic E-state index is 0.0121. The Morgan fingerprint density at radius 3 is 2.86 bits per heavy atom. The first-order valence-electron chi connectivity index (χ1n) is 7.17. The van der Waals surface area contributed by atoms with Crippen molar-refractivity contribution in [2.24, 2.45) is 0 Å². The number of rotatable bonds is 6. The number of nitrogens with zero attached hydrogens (tertiary/aromatic N) is 1. The summed E-state index contributed by atoms with van der Waals surface area (Å²) in [4.78, 5) is 14.2. The topological polar surface area (TPSA) is 50.8 Å². The van der Waals surface area contributed by atoms with E-state index in [9.17, 15) is 4.79 Å². The van der Waals surface area contributed by atoms with Crippen LogP contribution in [-0.4, -0.2) is 56.3 Å². The minimum atomic E-state index is -0.198. The number of ether oxygens (including phenoxy) is 2. The second-order valence-corrected chi connectivity index (χ2v) is 6.10. The molecule has 22 heavy (non-hydrogen) atoms. The first-order chi connectivity index (χ1) is 10.5. The standard InChI is InChI=1S/C15H20Cl2N2O3/c1-3-21-14-8-19(2)7-12(14)18-15(20)9-22-13-5-4-10(16)6-11(13)17/h4-6,12,14H,3,7-9H2,1-2H3,(H,18,20)/t12-,14-/m0/s1. The van der Waals surface area contributed by atoms with Gasteiger partial charge in [-0.25, -0.2) is 0 Å². The van der Waals surface area contributed by atoms with E-state index in [1.54, 1.807) is 18.2 Å². The quantitative estimate of drug-likeness (QED) is 0.857. The lowest BCUT2D eigenvalue weighted by atomic mass is 10.2. The molecule has 0 aliphatic carbocycles. The van der Waals surface area contributed by atoms with Crippen molar-refractivity contribution in [3.63, 3.8) is 0 Å². The Hall–Kier alpha value is -1.01. The molecule has 2 rings (SSSR count). The van der Waals surface area contributed by atoms with Gasteiger partial charge in [-0.15, -0.1) is 0 Å². The Bertz CT molecular complexity index is 528. The zero-order chi connectivity index (χ0) is 16.1. The van der Waals surface area contributed by atoms with Crippen LogP contribution in [0.4, 0.5) is 0 Å². The fourth-order valence-electron chi connectivity index (χ4n) is 2.47. The summed E-state index contributed by atoms with van der Waals surface area (Å²) in [5, 5.41) is 3.85. The van der Waals surface area contributed by atoms with Gasteiger partial charge in [0.1, 0.15) is 5.75 Å². The van der Waals surface area contributed by atoms with E-state index in [2.05, 4.69) is 10.2 Å². The Morgan fingerprint density at radius 1 is 1.41 bits per heavy atom. The van der Waals surface area contributed by atoms with Crippen LogP contribution in [0.5, 0.6) is 5.75 Å². The van der Waals surface area contributed by atoms with Crippen LogP contribution in [0, 0.1) is 0 Å². The van der Waals surface area contributed by atoms with E-state index < -0.39 is 0 Å². The van der Waals surface area contributed by atoms with Gasteiger partial charge in [0, 0.05) is 24.7 Å². The molecule has 1 aliphatic rings. The molecule has 0 spiro atoms. The van der Waals surface area contributed by atoms with E-state index in [-0.39, 0.29) is 24.7 Å². The maximum Gasteiger partial charge on any atom is 0.258 e. The van der Waals surface area contributed by atoms with Crippen molar-refractivity contribution < 1.29 is 14.3 Å². The Kier molecular flexibility index (Phi) is 6.32. The molecule has 0 unspecified atom stereocenters. The molecule has 1 fully saturated rings. The molecule has 0 radical (unpaired) electrons. The van der Waals surface area contributed by atoms with E-state index in [1.807, 2.05) is 14.0 Å². The van der Waals surface area contributed by atoms with E-state index in [4.69, 9.17) is 32.7 Å². The van der Waals surface area contributed by atoms with E-state index >= 15 is 0 Å². The van der Waals surface area contributed by atoms with Crippen molar-refractivity contribution in [2.75, 3.05) is 33.4 Å². The Balaban J connectivity index is 1.84. The summed E-state index contributed by atoms with van der Waals surface area (Å²) in [5.41, 5.74) is 0. The Labute approximate surface area is 140 Å². The number of hydrogen-bond acceptors (Lipinski definition) is 4. The van der Waals surface area contributed by atoms with Crippen molar-refractivity contribution >= 4 is 29.1 Å². The van der Waals surface area contributed by atoms with Crippen LogP contribution in [-0.2, 0) is 9.53 Å². The maximum absolute atomic E-state index is 12.0. The van der Waals surface area contributed by atoms with Crippen LogP contribution < -0.4 is 10.1 Å². The molecule has 0 aromatic heterocycles. The third kappa shape index (κ3) is 4.74. The average molecular weight is 347 g/mol. The number of benzene rings is 1. The van der Waals surface area contributed by atoms with Gasteiger partial charge in [-0.2, -0.15) is 0 Å². The maximum atomic E-state index is 12.0. The lowest BCUT2D eigenvalue weighted by Gasteiger charge is -2.20. The van der Waals surface area contributed by atoms with Crippen LogP contribution in [0.3, 0.4) is 0 Å². The smallest absolute Gasteiger partial charge is 0.258 e. The highest BCUT2D eigenvalue weighted by molar-refractivity contribution is 6.35. The fourth-order valence-corrected chi connectivity index (χ4v) is 2.93. The summed E-state index contributed by atoms with van der Waals surface area (Å²) < 4.78 is 11.1. The fraction of sp³-hybridized carbons (Fsp3) is 0.533. The van der Waals surface area contributed by atoms with Crippen LogP contribution in [0.15, 0.2) is 18.2 Å². The highest BCUT2D eigenvalue weighted by Crippen LogP contribution is 2.27. The molecule has 0 bridgehead atoms. The molecule has 5 nitrogen and oxygen atoms in total. The van der Waals surface area contributed by atoms with Gasteiger partial charge in [-0.05, 0) is 32.2 Å². The van der Waals surface area contributed by atoms with Crippen LogP contribution in [0.2, 0.25) is 10.0 Å². The van der Waals surface area contributed by atoms with Crippen molar-refractivity contribution in [3.8, 4) is 5.75 Å². The second kappa shape index (κ2) is 8.02. The third-order valence-electron chi connectivity index (χ3n) is 3.43. The lowest BCUT2D eigenvalue weighted by molar-refractivity contribution is -0.124. The molecule has 2 atom stereocenters. The number of nitrogens with one attached hydrogen (secondary N) is 1. The van der Waals surface area contributed by atoms with Crippen molar-refractivity contribution in [3.05, 3.63) is 28.2 Å². The summed E-state index contributed by atoms with van der Waals surface area (Å²) in [6, 6.07) is 4.86. The normalized spacial score (nSPS) is 21.8. The first-order valence-corrected chi connectivity index (χ1v) is 7.92. The molecule has 1 heterocycles. The molecule has 7 heteroatoms. The predicted octanol–water partition coefficient (Wildman–Crippen LogP) is 2.21. The highest BCUT2D eigenvalue weighted by Gasteiger charge is 2.32. The molecule has 1 aliphatic heterocycles. The van der Waals surface area contributed by atoms with Crippen molar-refractivity contribution in [1.82, 2.24) is 10.2 Å². The molecule has 1 saturated heterocycles. The zero-order valence-corrected chi connectivity index (χ0v) is 14.2. The summed E-state index contributed by atoms with van der Waals surface area (Å²) in [7, 11) is 2.00. The zero-order valence-electron chi connectivity index (χ0n) is 12.6. The number of carbonyl (C=O) groups excluding carboxylic acids is 1. The largest absolute Gasteiger partial charge is 0.482 e. The van der Waals surface area contributed by atoms with Gasteiger partial charge < -0.3 is 19.7 Å². The van der Waals surface area contributed by atoms with Crippen LogP contribution >= 0.6 is 23.2 Å². The molecule has 122 valence electrons. The first kappa shape index (κ1) is 17.3. The molecule has 1 aromatic rings. The number of likely N-dealkylation sites (N-methyl/N-ethyl adjacent to an activating group) is 1. The number of hydrogen-bond donors (Lipinski definition) is 1. The van der Waals surface area contributed by atoms with Gasteiger partial charge in [0.15, 0.2) is 6.61 Å². The van der Waals surface area contributed by atoms with Gasteiger partial charge in [-0.1, -0.05) is 23.2 Å². The predicted molar refractivity (Wildman–Crippen MR) is 86.8 cm³/mol. The SMILES string of the molecule is CCO[C@H]1CN(C)C[C@@H]1NC(=O)COc1ccc(Cl)cc1Cl. The molecule has 1 N–H and O–H groups in total. The molecular weight excluding hydrogens is 327 g/mol. The lowest BCUT2D eigenvalue weighted by Crippen LogP contribution is -2.45. The van der Waals surface area contributed by atoms with Gasteiger partial charge in [0.25, 0.3) is 5.91 Å². The van der Waals surface area contributed by atoms with Gasteiger partial charge in [-0.3, -0.25) is 4.79 Å². The van der Waals surface area contributed by atoms with Gasteiger partial charge in [0.2, 0.25) is 0 Å². The monoisotopic (exact) mass is 346 g/mol. The number of halogens is 2. The number of likely N-dealkylation sites (tertiary alicyclic amines) is 1. The summed E-state index contributed by atoms with van der Waals surface area (Å²) in [6.45, 7) is 4.05. The molecular formula is C15H20Cl2N2O3. The summed E-state index contributed by atoms with van der Waals surface area (Å²) >= 11 is 11.8. The Morgan fingerprint density at radius 2 is 2.18 bits per heavy atom. The molecule has 1 amide bonds. The van der Waals surface area contributed by atoms with Crippen LogP contribution in [0.1, 0.15) is 6.92 Å². The van der Waals surface area contributed by atoms with Crippen molar-refractivity contribution in [2.45, 2.75) is 19.1 Å². The third-order valence-corrected chi connectivity index (χ3v) is 3.96. The number of amides is 1. The highest BCUT2D eigenvalue weighted by atomic mass is 35.5. The summed E-state index contributed by atoms with van der Waals surface area (Å²) in [6.07, 6.45) is 0.0121. The van der Waals surface area contributed by atoms with Crippen molar-refractivity contribution in [1.29, 1.82) is 0 Å². The van der Waals surface area contributed by atoms with Gasteiger partial charge in [0.05, 0.1) is 17.2 Å². The van der Waals surface area contributed by atoms with Crippen LogP contribution in [0.25, 0.3) is 0 Å². The van der Waals surface area contributed by atoms with E-state index in [1.165, 1.54) is 0 Å². The number of carbonyl (C=O) groups is 1. The van der Waals surface area contributed by atoms with Gasteiger partial charge >= 0.3 is 0 Å². The minimum Gasteiger partial charge on any atom is -0.482 e. The average Bonchev–Trinajstić information content (AvgIpc) is 2.78.